The molecule has 38 heavy (non-hydrogen) atoms. The van der Waals surface area contributed by atoms with E-state index in [-0.39, 0.29) is 13.0 Å². The zero-order chi connectivity index (χ0) is 26.9. The molecule has 0 aliphatic carbocycles. The summed E-state index contributed by atoms with van der Waals surface area (Å²) in [6.07, 6.45) is 0.437. The number of aryl methyl sites for hydroxylation is 3. The van der Waals surface area contributed by atoms with Crippen molar-refractivity contribution in [3.63, 3.8) is 0 Å². The van der Waals surface area contributed by atoms with Crippen LogP contribution in [0.1, 0.15) is 34.6 Å². The molecule has 0 spiro atoms. The fourth-order valence-corrected chi connectivity index (χ4v) is 4.11. The summed E-state index contributed by atoms with van der Waals surface area (Å²) in [5, 5.41) is 17.3. The highest BCUT2D eigenvalue weighted by atomic mass is 16.6. The molecule has 0 unspecified atom stereocenters. The largest absolute Gasteiger partial charge is 0.489 e. The molecular weight excluding hydrogens is 484 g/mol. The average Bonchev–Trinajstić information content (AvgIpc) is 3.27. The number of carboxylic acids is 1. The van der Waals surface area contributed by atoms with Gasteiger partial charge in [0.15, 0.2) is 0 Å². The van der Waals surface area contributed by atoms with Crippen LogP contribution in [0, 0.1) is 13.8 Å². The topological polar surface area (TPSA) is 103 Å². The van der Waals surface area contributed by atoms with Gasteiger partial charge in [-0.15, -0.1) is 0 Å². The normalized spacial score (nSPS) is 11.3. The number of rotatable bonds is 12. The molecule has 0 saturated heterocycles. The summed E-state index contributed by atoms with van der Waals surface area (Å²) in [6, 6.07) is 23.1. The summed E-state index contributed by atoms with van der Waals surface area (Å²) in [5.41, 5.74) is 5.99. The number of oxime groups is 1. The Morgan fingerprint density at radius 1 is 0.974 bits per heavy atom. The molecule has 8 nitrogen and oxygen atoms in total. The first-order valence-corrected chi connectivity index (χ1v) is 12.2. The van der Waals surface area contributed by atoms with Gasteiger partial charge in [-0.25, -0.2) is 0 Å². The quantitative estimate of drug-likeness (QED) is 0.183. The Balaban J connectivity index is 1.42. The number of ether oxygens (including phenoxy) is 2. The molecule has 0 radical (unpaired) electrons. The van der Waals surface area contributed by atoms with E-state index in [2.05, 4.69) is 10.3 Å². The number of nitrogens with zero attached hydrogens (tertiary/aromatic N) is 2. The molecule has 0 fully saturated rings. The molecule has 1 aromatic heterocycles. The molecular formula is C30H30N2O6. The SMILES string of the molecule is CON=C(COc1ccc(COc2ccc(CCC(=O)O)c(-c3c(C)noc3C)c2)cc1)c1ccccc1. The fraction of sp³-hybridized carbons (Fsp3) is 0.233. The van der Waals surface area contributed by atoms with E-state index in [4.69, 9.17) is 23.9 Å². The van der Waals surface area contributed by atoms with Gasteiger partial charge in [-0.05, 0) is 61.2 Å². The van der Waals surface area contributed by atoms with Crippen LogP contribution >= 0.6 is 0 Å². The van der Waals surface area contributed by atoms with E-state index >= 15 is 0 Å². The third-order valence-corrected chi connectivity index (χ3v) is 6.01. The van der Waals surface area contributed by atoms with E-state index in [0.717, 1.165) is 33.5 Å². The Morgan fingerprint density at radius 2 is 1.71 bits per heavy atom. The van der Waals surface area contributed by atoms with Crippen LogP contribution in [-0.4, -0.2) is 35.7 Å². The van der Waals surface area contributed by atoms with Crippen LogP contribution in [0.25, 0.3) is 11.1 Å². The number of carboxylic acid groups (broad SMARTS) is 1. The minimum absolute atomic E-state index is 0.0369. The lowest BCUT2D eigenvalue weighted by molar-refractivity contribution is -0.136. The first kappa shape index (κ1) is 26.5. The van der Waals surface area contributed by atoms with Gasteiger partial charge < -0.3 is 23.9 Å². The van der Waals surface area contributed by atoms with Gasteiger partial charge >= 0.3 is 5.97 Å². The highest BCUT2D eigenvalue weighted by Crippen LogP contribution is 2.34. The molecule has 0 saturated carbocycles. The first-order chi connectivity index (χ1) is 18.4. The van der Waals surface area contributed by atoms with Crippen molar-refractivity contribution in [2.24, 2.45) is 5.16 Å². The number of benzene rings is 3. The lowest BCUT2D eigenvalue weighted by Gasteiger charge is -2.13. The van der Waals surface area contributed by atoms with Gasteiger partial charge in [0.05, 0.1) is 5.69 Å². The predicted octanol–water partition coefficient (Wildman–Crippen LogP) is 5.98. The molecule has 0 aliphatic heterocycles. The molecule has 8 heteroatoms. The molecule has 1 N–H and O–H groups in total. The lowest BCUT2D eigenvalue weighted by atomic mass is 9.95. The predicted molar refractivity (Wildman–Crippen MR) is 144 cm³/mol. The van der Waals surface area contributed by atoms with E-state index in [0.29, 0.717) is 36.0 Å². The number of carbonyl (C=O) groups is 1. The second kappa shape index (κ2) is 12.6. The second-order valence-corrected chi connectivity index (χ2v) is 8.72. The summed E-state index contributed by atoms with van der Waals surface area (Å²) >= 11 is 0. The van der Waals surface area contributed by atoms with Gasteiger partial charge in [-0.2, -0.15) is 0 Å². The molecule has 0 amide bonds. The van der Waals surface area contributed by atoms with E-state index < -0.39 is 5.97 Å². The average molecular weight is 515 g/mol. The van der Waals surface area contributed by atoms with Crippen LogP contribution in [-0.2, 0) is 22.7 Å². The smallest absolute Gasteiger partial charge is 0.303 e. The second-order valence-electron chi connectivity index (χ2n) is 8.72. The van der Waals surface area contributed by atoms with Crippen LogP contribution in [0.5, 0.6) is 11.5 Å². The minimum atomic E-state index is -0.843. The highest BCUT2D eigenvalue weighted by molar-refractivity contribution is 6.01. The van der Waals surface area contributed by atoms with Crippen molar-refractivity contribution < 1.29 is 28.7 Å². The molecule has 0 aliphatic rings. The van der Waals surface area contributed by atoms with Crippen molar-refractivity contribution in [3.8, 4) is 22.6 Å². The van der Waals surface area contributed by atoms with Gasteiger partial charge in [0.2, 0.25) is 0 Å². The number of hydrogen-bond acceptors (Lipinski definition) is 7. The van der Waals surface area contributed by atoms with Crippen LogP contribution in [0.4, 0.5) is 0 Å². The van der Waals surface area contributed by atoms with Gasteiger partial charge in [-0.3, -0.25) is 4.79 Å². The maximum absolute atomic E-state index is 11.1. The molecule has 0 bridgehead atoms. The van der Waals surface area contributed by atoms with Crippen molar-refractivity contribution in [1.29, 1.82) is 0 Å². The first-order valence-electron chi connectivity index (χ1n) is 12.2. The summed E-state index contributed by atoms with van der Waals surface area (Å²) < 4.78 is 17.3. The minimum Gasteiger partial charge on any atom is -0.489 e. The van der Waals surface area contributed by atoms with Crippen LogP contribution in [0.2, 0.25) is 0 Å². The standard InChI is InChI=1S/C30H30N2O6/c1-20-30(21(2)38-31-20)27-17-26(15-11-23(27)12-16-29(33)34)36-18-22-9-13-25(14-10-22)37-19-28(32-35-3)24-7-5-4-6-8-24/h4-11,13-15,17H,12,16,18-19H2,1-3H3,(H,33,34). The Morgan fingerprint density at radius 3 is 2.37 bits per heavy atom. The maximum Gasteiger partial charge on any atom is 0.303 e. The Labute approximate surface area is 221 Å². The molecule has 196 valence electrons. The van der Waals surface area contributed by atoms with Crippen LogP contribution in [0.15, 0.2) is 82.5 Å². The Bertz CT molecular complexity index is 1370. The Kier molecular flexibility index (Phi) is 8.77. The highest BCUT2D eigenvalue weighted by Gasteiger charge is 2.17. The van der Waals surface area contributed by atoms with Gasteiger partial charge in [-0.1, -0.05) is 58.8 Å². The monoisotopic (exact) mass is 514 g/mol. The van der Waals surface area contributed by atoms with E-state index in [1.807, 2.05) is 86.6 Å². The van der Waals surface area contributed by atoms with Crippen molar-refractivity contribution in [3.05, 3.63) is 101 Å². The van der Waals surface area contributed by atoms with Gasteiger partial charge in [0.1, 0.15) is 43.3 Å². The van der Waals surface area contributed by atoms with Crippen molar-refractivity contribution in [1.82, 2.24) is 5.16 Å². The van der Waals surface area contributed by atoms with Crippen LogP contribution < -0.4 is 9.47 Å². The third kappa shape index (κ3) is 6.79. The zero-order valence-electron chi connectivity index (χ0n) is 21.6. The number of hydrogen-bond donors (Lipinski definition) is 1. The third-order valence-electron chi connectivity index (χ3n) is 6.01. The number of aliphatic carboxylic acids is 1. The number of aromatic nitrogens is 1. The van der Waals surface area contributed by atoms with Crippen LogP contribution in [0.3, 0.4) is 0 Å². The molecule has 4 aromatic rings. The molecule has 0 atom stereocenters. The van der Waals surface area contributed by atoms with Crippen molar-refractivity contribution in [2.75, 3.05) is 13.7 Å². The van der Waals surface area contributed by atoms with Gasteiger partial charge in [0.25, 0.3) is 0 Å². The van der Waals surface area contributed by atoms with E-state index in [1.165, 1.54) is 7.11 Å². The molecule has 4 rings (SSSR count). The Hall–Kier alpha value is -4.59. The molecule has 3 aromatic carbocycles. The van der Waals surface area contributed by atoms with E-state index in [1.54, 1.807) is 0 Å². The summed E-state index contributed by atoms with van der Waals surface area (Å²) in [5.74, 6) is 1.21. The van der Waals surface area contributed by atoms with Crippen molar-refractivity contribution >= 4 is 11.7 Å². The zero-order valence-corrected chi connectivity index (χ0v) is 21.6. The summed E-state index contributed by atoms with van der Waals surface area (Å²) in [4.78, 5) is 16.1. The van der Waals surface area contributed by atoms with Crippen molar-refractivity contribution in [2.45, 2.75) is 33.3 Å². The van der Waals surface area contributed by atoms with E-state index in [9.17, 15) is 4.79 Å². The van der Waals surface area contributed by atoms with Gasteiger partial charge in [0, 0.05) is 17.5 Å². The molecule has 1 heterocycles. The fourth-order valence-electron chi connectivity index (χ4n) is 4.11. The summed E-state index contributed by atoms with van der Waals surface area (Å²) in [7, 11) is 1.51. The lowest BCUT2D eigenvalue weighted by Crippen LogP contribution is -2.13. The summed E-state index contributed by atoms with van der Waals surface area (Å²) in [6.45, 7) is 4.34. The maximum atomic E-state index is 11.1.